The smallest absolute Gasteiger partial charge is 0.200 e. The highest BCUT2D eigenvalue weighted by atomic mass is 19.2. The number of rotatable bonds is 3. The van der Waals surface area contributed by atoms with E-state index in [1.165, 1.54) is 11.1 Å². The lowest BCUT2D eigenvalue weighted by molar-refractivity contribution is 0.0213. The van der Waals surface area contributed by atoms with Gasteiger partial charge in [0.15, 0.2) is 17.4 Å². The minimum atomic E-state index is -1.29. The first-order valence-corrected chi connectivity index (χ1v) is 11.0. The number of aromatic nitrogens is 2. The Hall–Kier alpha value is -2.99. The van der Waals surface area contributed by atoms with Crippen molar-refractivity contribution in [1.82, 2.24) is 9.78 Å². The number of aliphatic hydroxyl groups excluding tert-OH is 1. The second-order valence-electron chi connectivity index (χ2n) is 9.35. The molecule has 0 bridgehead atoms. The van der Waals surface area contributed by atoms with Crippen LogP contribution < -0.4 is 0 Å². The van der Waals surface area contributed by atoms with Gasteiger partial charge in [0, 0.05) is 0 Å². The van der Waals surface area contributed by atoms with Crippen molar-refractivity contribution < 1.29 is 19.0 Å². The first-order valence-electron chi connectivity index (χ1n) is 11.0. The lowest BCUT2D eigenvalue weighted by Gasteiger charge is -2.47. The summed E-state index contributed by atoms with van der Waals surface area (Å²) in [5.74, 6) is -3.41. The zero-order chi connectivity index (χ0) is 22.6. The van der Waals surface area contributed by atoms with Gasteiger partial charge in [0.2, 0.25) is 0 Å². The zero-order valence-electron chi connectivity index (χ0n) is 18.1. The van der Waals surface area contributed by atoms with E-state index in [0.29, 0.717) is 6.42 Å². The predicted molar refractivity (Wildman–Crippen MR) is 118 cm³/mol. The van der Waals surface area contributed by atoms with E-state index in [9.17, 15) is 19.0 Å². The molecule has 3 aromatic rings. The van der Waals surface area contributed by atoms with E-state index in [1.54, 1.807) is 0 Å². The van der Waals surface area contributed by atoms with Crippen LogP contribution in [0.15, 0.2) is 48.2 Å². The molecule has 1 fully saturated rings. The maximum Gasteiger partial charge on any atom is 0.200 e. The summed E-state index contributed by atoms with van der Waals surface area (Å²) in [6, 6.07) is 10.4. The van der Waals surface area contributed by atoms with E-state index >= 15 is 0 Å². The molecule has 0 amide bonds. The number of phenolic OH excluding ortho intramolecular Hbond substituents is 1. The standard InChI is InChI=1S/C26H26F2N2O2/c1-15-6-8-19(9-7-15)30-22-12-18-4-3-5-20(26(18,2)13-17(22)14-29-30)25(32)16-10-21(27)24(28)23(31)11-16/h6-12,14,20,25,31-32H,3-5,13H2,1-2H3. The fraction of sp³-hybridized carbons (Fsp3) is 0.346. The highest BCUT2D eigenvalue weighted by Crippen LogP contribution is 2.55. The minimum absolute atomic E-state index is 0.192. The number of hydrogen-bond donors (Lipinski definition) is 2. The molecule has 1 heterocycles. The summed E-state index contributed by atoms with van der Waals surface area (Å²) in [6.07, 6.45) is 6.34. The van der Waals surface area contributed by atoms with Crippen LogP contribution in [0.1, 0.15) is 54.7 Å². The summed E-state index contributed by atoms with van der Waals surface area (Å²) in [4.78, 5) is 0. The van der Waals surface area contributed by atoms with Gasteiger partial charge in [0.25, 0.3) is 0 Å². The SMILES string of the molecule is Cc1ccc(-n2ncc3c2C=C2CCCC(C(O)c4cc(O)c(F)c(F)c4)C2(C)C3)cc1. The minimum Gasteiger partial charge on any atom is -0.505 e. The highest BCUT2D eigenvalue weighted by molar-refractivity contribution is 5.61. The number of halogens is 2. The number of aliphatic hydroxyl groups is 1. The van der Waals surface area contributed by atoms with Gasteiger partial charge in [-0.1, -0.05) is 30.2 Å². The second kappa shape index (κ2) is 7.55. The van der Waals surface area contributed by atoms with Crippen LogP contribution in [0.25, 0.3) is 11.8 Å². The van der Waals surface area contributed by atoms with E-state index in [1.807, 2.05) is 10.9 Å². The molecule has 3 atom stereocenters. The van der Waals surface area contributed by atoms with Gasteiger partial charge in [-0.15, -0.1) is 0 Å². The van der Waals surface area contributed by atoms with E-state index in [0.717, 1.165) is 48.3 Å². The number of fused-ring (bicyclic) bond motifs is 2. The molecular formula is C26H26F2N2O2. The number of nitrogens with zero attached hydrogens (tertiary/aromatic N) is 2. The molecule has 2 aliphatic rings. The molecule has 0 radical (unpaired) electrons. The van der Waals surface area contributed by atoms with Crippen LogP contribution in [-0.4, -0.2) is 20.0 Å². The molecule has 0 saturated heterocycles. The van der Waals surface area contributed by atoms with Crippen LogP contribution in [0.2, 0.25) is 0 Å². The predicted octanol–water partition coefficient (Wildman–Crippen LogP) is 5.64. The molecule has 3 unspecified atom stereocenters. The normalized spacial score (nSPS) is 23.3. The van der Waals surface area contributed by atoms with Crippen molar-refractivity contribution in [3.8, 4) is 11.4 Å². The Labute approximate surface area is 185 Å². The van der Waals surface area contributed by atoms with Crippen LogP contribution >= 0.6 is 0 Å². The summed E-state index contributed by atoms with van der Waals surface area (Å²) < 4.78 is 29.4. The van der Waals surface area contributed by atoms with Gasteiger partial charge in [-0.25, -0.2) is 9.07 Å². The van der Waals surface area contributed by atoms with Gasteiger partial charge >= 0.3 is 0 Å². The van der Waals surface area contributed by atoms with Crippen LogP contribution in [-0.2, 0) is 6.42 Å². The van der Waals surface area contributed by atoms with Crippen molar-refractivity contribution in [2.45, 2.75) is 45.6 Å². The lowest BCUT2D eigenvalue weighted by Crippen LogP contribution is -2.40. The largest absolute Gasteiger partial charge is 0.505 e. The molecule has 2 aliphatic carbocycles. The average Bonchev–Trinajstić information content (AvgIpc) is 3.17. The summed E-state index contributed by atoms with van der Waals surface area (Å²) in [5, 5.41) is 25.6. The summed E-state index contributed by atoms with van der Waals surface area (Å²) in [6.45, 7) is 4.19. The quantitative estimate of drug-likeness (QED) is 0.558. The summed E-state index contributed by atoms with van der Waals surface area (Å²) >= 11 is 0. The number of allylic oxidation sites excluding steroid dienone is 1. The molecule has 0 aliphatic heterocycles. The van der Waals surface area contributed by atoms with E-state index in [2.05, 4.69) is 49.3 Å². The Morgan fingerprint density at radius 1 is 1.19 bits per heavy atom. The molecule has 6 heteroatoms. The third kappa shape index (κ3) is 3.25. The Balaban J connectivity index is 1.52. The molecule has 32 heavy (non-hydrogen) atoms. The Bertz CT molecular complexity index is 1190. The van der Waals surface area contributed by atoms with Crippen molar-refractivity contribution >= 4 is 6.08 Å². The van der Waals surface area contributed by atoms with E-state index < -0.39 is 23.5 Å². The monoisotopic (exact) mass is 436 g/mol. The highest BCUT2D eigenvalue weighted by Gasteiger charge is 2.46. The summed E-state index contributed by atoms with van der Waals surface area (Å²) in [5.41, 5.74) is 5.45. The number of aromatic hydroxyl groups is 1. The maximum absolute atomic E-state index is 13.9. The average molecular weight is 437 g/mol. The van der Waals surface area contributed by atoms with Crippen molar-refractivity contribution in [3.05, 3.63) is 82.2 Å². The van der Waals surface area contributed by atoms with Gasteiger partial charge in [-0.2, -0.15) is 9.49 Å². The zero-order valence-corrected chi connectivity index (χ0v) is 18.1. The molecule has 1 saturated carbocycles. The second-order valence-corrected chi connectivity index (χ2v) is 9.35. The molecule has 1 aromatic heterocycles. The third-order valence-corrected chi connectivity index (χ3v) is 7.30. The topological polar surface area (TPSA) is 58.3 Å². The van der Waals surface area contributed by atoms with Crippen LogP contribution in [0, 0.1) is 29.9 Å². The number of benzene rings is 2. The number of hydrogen-bond acceptors (Lipinski definition) is 3. The Kier molecular flexibility index (Phi) is 4.93. The molecule has 0 spiro atoms. The number of aryl methyl sites for hydroxylation is 1. The van der Waals surface area contributed by atoms with Crippen LogP contribution in [0.4, 0.5) is 8.78 Å². The molecule has 2 aromatic carbocycles. The molecule has 4 nitrogen and oxygen atoms in total. The molecule has 5 rings (SSSR count). The van der Waals surface area contributed by atoms with Gasteiger partial charge in [-0.05, 0) is 85.4 Å². The van der Waals surface area contributed by atoms with Crippen LogP contribution in [0.3, 0.4) is 0 Å². The van der Waals surface area contributed by atoms with Gasteiger partial charge in [0.1, 0.15) is 0 Å². The fourth-order valence-corrected chi connectivity index (χ4v) is 5.47. The maximum atomic E-state index is 13.9. The van der Waals surface area contributed by atoms with Gasteiger partial charge in [-0.3, -0.25) is 0 Å². The van der Waals surface area contributed by atoms with Gasteiger partial charge < -0.3 is 10.2 Å². The first-order chi connectivity index (χ1) is 15.3. The Morgan fingerprint density at radius 3 is 2.66 bits per heavy atom. The van der Waals surface area contributed by atoms with Crippen LogP contribution in [0.5, 0.6) is 5.75 Å². The first kappa shape index (κ1) is 20.9. The summed E-state index contributed by atoms with van der Waals surface area (Å²) in [7, 11) is 0. The van der Waals surface area contributed by atoms with Crippen molar-refractivity contribution in [2.24, 2.45) is 11.3 Å². The van der Waals surface area contributed by atoms with Gasteiger partial charge in [0.05, 0.1) is 23.7 Å². The van der Waals surface area contributed by atoms with Crippen molar-refractivity contribution in [2.75, 3.05) is 0 Å². The van der Waals surface area contributed by atoms with E-state index in [4.69, 9.17) is 0 Å². The number of phenols is 1. The molecule has 166 valence electrons. The lowest BCUT2D eigenvalue weighted by atomic mass is 9.57. The van der Waals surface area contributed by atoms with Crippen molar-refractivity contribution in [1.29, 1.82) is 0 Å². The van der Waals surface area contributed by atoms with E-state index in [-0.39, 0.29) is 16.9 Å². The Morgan fingerprint density at radius 2 is 1.94 bits per heavy atom. The fourth-order valence-electron chi connectivity index (χ4n) is 5.47. The van der Waals surface area contributed by atoms with Crippen molar-refractivity contribution in [3.63, 3.8) is 0 Å². The third-order valence-electron chi connectivity index (χ3n) is 7.30. The molecular weight excluding hydrogens is 410 g/mol. The molecule has 2 N–H and O–H groups in total.